The van der Waals surface area contributed by atoms with Crippen LogP contribution in [0.2, 0.25) is 0 Å². The lowest BCUT2D eigenvalue weighted by atomic mass is 9.91. The van der Waals surface area contributed by atoms with Crippen LogP contribution in [-0.2, 0) is 21.5 Å². The predicted molar refractivity (Wildman–Crippen MR) is 119 cm³/mol. The van der Waals surface area contributed by atoms with E-state index in [0.29, 0.717) is 0 Å². The van der Waals surface area contributed by atoms with Gasteiger partial charge >= 0.3 is 0 Å². The zero-order chi connectivity index (χ0) is 18.7. The molecule has 0 bridgehead atoms. The Hall–Kier alpha value is -0.440. The minimum absolute atomic E-state index is 0. The Labute approximate surface area is 185 Å². The van der Waals surface area contributed by atoms with Crippen LogP contribution in [-0.4, -0.2) is 66.1 Å². The van der Waals surface area contributed by atoms with Crippen molar-refractivity contribution in [2.75, 3.05) is 39.4 Å². The van der Waals surface area contributed by atoms with Crippen molar-refractivity contribution in [1.29, 1.82) is 0 Å². The minimum Gasteiger partial charge on any atom is -0.381 e. The Morgan fingerprint density at radius 3 is 2.39 bits per heavy atom. The maximum Gasteiger partial charge on any atom is 0.239 e. The van der Waals surface area contributed by atoms with E-state index in [4.69, 9.17) is 15.5 Å². The van der Waals surface area contributed by atoms with E-state index in [1.807, 2.05) is 4.90 Å². The van der Waals surface area contributed by atoms with Crippen molar-refractivity contribution in [2.45, 2.75) is 51.6 Å². The van der Waals surface area contributed by atoms with E-state index in [9.17, 15) is 4.79 Å². The fourth-order valence-corrected chi connectivity index (χ4v) is 4.47. The summed E-state index contributed by atoms with van der Waals surface area (Å²) in [6.07, 6.45) is 1.79. The van der Waals surface area contributed by atoms with Gasteiger partial charge < -0.3 is 15.4 Å². The molecule has 0 radical (unpaired) electrons. The van der Waals surface area contributed by atoms with Crippen molar-refractivity contribution in [3.8, 4) is 0 Å². The third-order valence-corrected chi connectivity index (χ3v) is 6.64. The number of hydrogen-bond acceptors (Lipinski definition) is 6. The number of halogens is 2. The van der Waals surface area contributed by atoms with Gasteiger partial charge in [0.05, 0.1) is 16.7 Å². The van der Waals surface area contributed by atoms with E-state index in [2.05, 4.69) is 31.1 Å². The van der Waals surface area contributed by atoms with Crippen molar-refractivity contribution in [1.82, 2.24) is 14.8 Å². The van der Waals surface area contributed by atoms with Gasteiger partial charge in [-0.2, -0.15) is 0 Å². The molecule has 3 rings (SSSR count). The van der Waals surface area contributed by atoms with Gasteiger partial charge in [0.1, 0.15) is 0 Å². The van der Waals surface area contributed by atoms with E-state index in [1.165, 1.54) is 5.01 Å². The summed E-state index contributed by atoms with van der Waals surface area (Å²) in [7, 11) is 0. The molecule has 1 amide bonds. The number of piperazine rings is 1. The first-order chi connectivity index (χ1) is 12.3. The quantitative estimate of drug-likeness (QED) is 0.759. The third-order valence-electron chi connectivity index (χ3n) is 5.32. The van der Waals surface area contributed by atoms with Crippen molar-refractivity contribution in [2.24, 2.45) is 11.7 Å². The summed E-state index contributed by atoms with van der Waals surface area (Å²) in [6.45, 7) is 12.2. The SMILES string of the molecule is CC(C)(C)c1nc(CN2CCN(C(=O)C(N)C3CCOCC3)CC2)cs1.Cl.Cl. The Morgan fingerprint density at radius 2 is 1.86 bits per heavy atom. The molecule has 2 aliphatic heterocycles. The predicted octanol–water partition coefficient (Wildman–Crippen LogP) is 2.68. The van der Waals surface area contributed by atoms with Crippen LogP contribution in [0, 0.1) is 5.92 Å². The lowest BCUT2D eigenvalue weighted by molar-refractivity contribution is -0.136. The number of thiazole rings is 1. The lowest BCUT2D eigenvalue weighted by Gasteiger charge is -2.37. The highest BCUT2D eigenvalue weighted by Gasteiger charge is 2.31. The first-order valence-electron chi connectivity index (χ1n) is 9.64. The van der Waals surface area contributed by atoms with Crippen LogP contribution in [0.4, 0.5) is 0 Å². The number of amides is 1. The van der Waals surface area contributed by atoms with Crippen LogP contribution in [0.3, 0.4) is 0 Å². The van der Waals surface area contributed by atoms with E-state index in [0.717, 1.165) is 64.5 Å². The van der Waals surface area contributed by atoms with Gasteiger partial charge in [-0.1, -0.05) is 20.8 Å². The molecule has 6 nitrogen and oxygen atoms in total. The molecule has 162 valence electrons. The molecular weight excluding hydrogens is 419 g/mol. The Kier molecular flexibility index (Phi) is 10.1. The summed E-state index contributed by atoms with van der Waals surface area (Å²) >= 11 is 1.74. The number of carbonyl (C=O) groups is 1. The molecule has 3 heterocycles. The van der Waals surface area contributed by atoms with Crippen LogP contribution in [0.1, 0.15) is 44.3 Å². The molecule has 2 fully saturated rings. The number of rotatable bonds is 4. The molecule has 1 unspecified atom stereocenters. The van der Waals surface area contributed by atoms with Crippen LogP contribution in [0.25, 0.3) is 0 Å². The van der Waals surface area contributed by atoms with E-state index >= 15 is 0 Å². The second kappa shape index (κ2) is 11.1. The molecule has 1 aromatic rings. The van der Waals surface area contributed by atoms with Crippen molar-refractivity contribution < 1.29 is 9.53 Å². The van der Waals surface area contributed by atoms with Crippen LogP contribution < -0.4 is 5.73 Å². The lowest BCUT2D eigenvalue weighted by Crippen LogP contribution is -2.55. The molecule has 1 atom stereocenters. The van der Waals surface area contributed by atoms with Crippen LogP contribution >= 0.6 is 36.2 Å². The Morgan fingerprint density at radius 1 is 1.25 bits per heavy atom. The summed E-state index contributed by atoms with van der Waals surface area (Å²) in [5, 5.41) is 3.35. The molecule has 9 heteroatoms. The molecule has 28 heavy (non-hydrogen) atoms. The first kappa shape index (κ1) is 25.6. The van der Waals surface area contributed by atoms with Gasteiger partial charge in [-0.05, 0) is 18.8 Å². The fraction of sp³-hybridized carbons (Fsp3) is 0.789. The standard InChI is InChI=1S/C19H32N4O2S.2ClH/c1-19(2,3)18-21-15(13-26-18)12-22-6-8-23(9-7-22)17(24)16(20)14-4-10-25-11-5-14;;/h13-14,16H,4-12,20H2,1-3H3;2*1H. The zero-order valence-electron chi connectivity index (χ0n) is 17.1. The minimum atomic E-state index is -0.377. The number of hydrogen-bond donors (Lipinski definition) is 1. The zero-order valence-corrected chi connectivity index (χ0v) is 19.5. The molecular formula is C19H34Cl2N4O2S. The number of nitrogens with two attached hydrogens (primary N) is 1. The smallest absolute Gasteiger partial charge is 0.239 e. The summed E-state index contributed by atoms with van der Waals surface area (Å²) in [6, 6.07) is -0.377. The fourth-order valence-electron chi connectivity index (χ4n) is 3.57. The topological polar surface area (TPSA) is 71.7 Å². The van der Waals surface area contributed by atoms with Gasteiger partial charge in [-0.25, -0.2) is 4.98 Å². The second-order valence-corrected chi connectivity index (χ2v) is 9.33. The molecule has 0 aromatic carbocycles. The maximum atomic E-state index is 12.7. The number of carbonyl (C=O) groups excluding carboxylic acids is 1. The number of aromatic nitrogens is 1. The van der Waals surface area contributed by atoms with Gasteiger partial charge in [0.15, 0.2) is 0 Å². The normalized spacial score (nSPS) is 20.2. The molecule has 0 aliphatic carbocycles. The van der Waals surface area contributed by atoms with Crippen molar-refractivity contribution in [3.63, 3.8) is 0 Å². The number of nitrogens with zero attached hydrogens (tertiary/aromatic N) is 3. The molecule has 2 saturated heterocycles. The largest absolute Gasteiger partial charge is 0.381 e. The highest BCUT2D eigenvalue weighted by atomic mass is 35.5. The average Bonchev–Trinajstić information content (AvgIpc) is 3.11. The van der Waals surface area contributed by atoms with Crippen molar-refractivity contribution >= 4 is 42.1 Å². The first-order valence-corrected chi connectivity index (χ1v) is 10.5. The highest BCUT2D eigenvalue weighted by molar-refractivity contribution is 7.09. The third kappa shape index (κ3) is 6.54. The van der Waals surface area contributed by atoms with Gasteiger partial charge in [-0.15, -0.1) is 36.2 Å². The molecule has 2 aliphatic rings. The van der Waals surface area contributed by atoms with E-state index in [-0.39, 0.29) is 48.1 Å². The summed E-state index contributed by atoms with van der Waals surface area (Å²) in [5.74, 6) is 0.375. The summed E-state index contributed by atoms with van der Waals surface area (Å²) in [5.41, 5.74) is 7.50. The monoisotopic (exact) mass is 452 g/mol. The number of ether oxygens (including phenoxy) is 1. The van der Waals surface area contributed by atoms with Gasteiger partial charge in [0.25, 0.3) is 0 Å². The van der Waals surface area contributed by atoms with E-state index in [1.54, 1.807) is 11.3 Å². The van der Waals surface area contributed by atoms with E-state index < -0.39 is 0 Å². The van der Waals surface area contributed by atoms with Gasteiger partial charge in [0, 0.05) is 56.7 Å². The Bertz CT molecular complexity index is 609. The molecule has 0 saturated carbocycles. The summed E-state index contributed by atoms with van der Waals surface area (Å²) in [4.78, 5) is 21.8. The van der Waals surface area contributed by atoms with Crippen molar-refractivity contribution in [3.05, 3.63) is 16.1 Å². The average molecular weight is 453 g/mol. The highest BCUT2D eigenvalue weighted by Crippen LogP contribution is 2.26. The van der Waals surface area contributed by atoms with Gasteiger partial charge in [0.2, 0.25) is 5.91 Å². The van der Waals surface area contributed by atoms with Crippen LogP contribution in [0.5, 0.6) is 0 Å². The molecule has 2 N–H and O–H groups in total. The van der Waals surface area contributed by atoms with Gasteiger partial charge in [-0.3, -0.25) is 9.69 Å². The van der Waals surface area contributed by atoms with Crippen LogP contribution in [0.15, 0.2) is 5.38 Å². The Balaban J connectivity index is 0.00000196. The molecule has 0 spiro atoms. The second-order valence-electron chi connectivity index (χ2n) is 8.47. The molecule has 1 aromatic heterocycles. The maximum absolute atomic E-state index is 12.7. The summed E-state index contributed by atoms with van der Waals surface area (Å²) < 4.78 is 5.38.